The van der Waals surface area contributed by atoms with Gasteiger partial charge in [-0.25, -0.2) is 9.37 Å². The van der Waals surface area contributed by atoms with E-state index in [1.807, 2.05) is 0 Å². The number of nitrogens with two attached hydrogens (primary N) is 1. The van der Waals surface area contributed by atoms with Crippen molar-refractivity contribution in [3.05, 3.63) is 47.3 Å². The van der Waals surface area contributed by atoms with Crippen molar-refractivity contribution < 1.29 is 9.18 Å². The van der Waals surface area contributed by atoms with Crippen LogP contribution in [0, 0.1) is 17.7 Å². The highest BCUT2D eigenvalue weighted by molar-refractivity contribution is 5.96. The molecule has 6 nitrogen and oxygen atoms in total. The number of rotatable bonds is 4. The van der Waals surface area contributed by atoms with Crippen LogP contribution in [-0.2, 0) is 6.42 Å². The summed E-state index contributed by atoms with van der Waals surface area (Å²) in [6, 6.07) is 3.84. The highest BCUT2D eigenvalue weighted by Crippen LogP contribution is 2.10. The number of nitrogens with one attached hydrogen (secondary N) is 2. The van der Waals surface area contributed by atoms with Crippen LogP contribution in [0.2, 0.25) is 0 Å². The van der Waals surface area contributed by atoms with E-state index in [2.05, 4.69) is 32.3 Å². The lowest BCUT2D eigenvalue weighted by Crippen LogP contribution is -2.26. The van der Waals surface area contributed by atoms with Gasteiger partial charge in [-0.05, 0) is 18.2 Å². The number of carbonyl (C=O) groups is 1. The molecule has 0 saturated heterocycles. The fraction of sp³-hybridized carbons (Fsp3) is 0.214. The molecular formula is C14H14FN5O. The molecular weight excluding hydrogens is 273 g/mol. The Hall–Kier alpha value is -2.72. The van der Waals surface area contributed by atoms with Crippen LogP contribution >= 0.6 is 0 Å². The maximum absolute atomic E-state index is 13.2. The molecule has 0 aliphatic rings. The van der Waals surface area contributed by atoms with Gasteiger partial charge in [0.1, 0.15) is 18.0 Å². The largest absolute Gasteiger partial charge is 0.352 e. The molecule has 0 bridgehead atoms. The topological polar surface area (TPSA) is 96.7 Å². The van der Waals surface area contributed by atoms with Gasteiger partial charge in [0.25, 0.3) is 5.91 Å². The van der Waals surface area contributed by atoms with E-state index in [0.717, 1.165) is 0 Å². The van der Waals surface area contributed by atoms with Crippen LogP contribution < -0.4 is 11.1 Å². The van der Waals surface area contributed by atoms with Crippen molar-refractivity contribution in [2.24, 2.45) is 5.73 Å². The molecule has 4 N–H and O–H groups in total. The number of carbonyl (C=O) groups excluding carboxylic acids is 1. The van der Waals surface area contributed by atoms with Crippen LogP contribution in [0.5, 0.6) is 0 Å². The zero-order chi connectivity index (χ0) is 15.1. The molecule has 21 heavy (non-hydrogen) atoms. The lowest BCUT2D eigenvalue weighted by atomic mass is 10.1. The fourth-order valence-electron chi connectivity index (χ4n) is 1.71. The fourth-order valence-corrected chi connectivity index (χ4v) is 1.71. The van der Waals surface area contributed by atoms with E-state index in [1.54, 1.807) is 0 Å². The van der Waals surface area contributed by atoms with E-state index in [-0.39, 0.29) is 12.5 Å². The predicted molar refractivity (Wildman–Crippen MR) is 74.8 cm³/mol. The van der Waals surface area contributed by atoms with E-state index >= 15 is 0 Å². The van der Waals surface area contributed by atoms with Crippen molar-refractivity contribution >= 4 is 5.91 Å². The van der Waals surface area contributed by atoms with Crippen LogP contribution in [0.25, 0.3) is 0 Å². The summed E-state index contributed by atoms with van der Waals surface area (Å²) in [6.45, 7) is 0.526. The Kier molecular flexibility index (Phi) is 5.01. The van der Waals surface area contributed by atoms with E-state index in [1.165, 1.54) is 24.5 Å². The molecule has 1 heterocycles. The van der Waals surface area contributed by atoms with E-state index in [9.17, 15) is 9.18 Å². The van der Waals surface area contributed by atoms with Gasteiger partial charge in [-0.1, -0.05) is 11.8 Å². The smallest absolute Gasteiger partial charge is 0.252 e. The first-order chi connectivity index (χ1) is 10.2. The molecule has 2 aromatic rings. The van der Waals surface area contributed by atoms with Gasteiger partial charge in [0.15, 0.2) is 0 Å². The van der Waals surface area contributed by atoms with Crippen LogP contribution in [0.1, 0.15) is 21.7 Å². The van der Waals surface area contributed by atoms with Gasteiger partial charge in [0, 0.05) is 18.5 Å². The number of hydrogen-bond donors (Lipinski definition) is 3. The number of halogens is 1. The Morgan fingerprint density at radius 3 is 3.05 bits per heavy atom. The zero-order valence-electron chi connectivity index (χ0n) is 11.2. The van der Waals surface area contributed by atoms with Crippen molar-refractivity contribution in [1.82, 2.24) is 20.5 Å². The number of aromatic amines is 1. The summed E-state index contributed by atoms with van der Waals surface area (Å²) in [7, 11) is 0. The summed E-state index contributed by atoms with van der Waals surface area (Å²) in [5, 5.41) is 9.14. The third-order valence-electron chi connectivity index (χ3n) is 2.66. The molecule has 0 fully saturated rings. The third kappa shape index (κ3) is 4.12. The highest BCUT2D eigenvalue weighted by atomic mass is 19.1. The molecule has 0 aliphatic carbocycles. The number of hydrogen-bond acceptors (Lipinski definition) is 4. The summed E-state index contributed by atoms with van der Waals surface area (Å²) < 4.78 is 13.2. The predicted octanol–water partition coefficient (Wildman–Crippen LogP) is 0.226. The molecule has 108 valence electrons. The van der Waals surface area contributed by atoms with Crippen LogP contribution in [-0.4, -0.2) is 34.2 Å². The molecule has 2 rings (SSSR count). The quantitative estimate of drug-likeness (QED) is 0.701. The molecule has 1 aromatic carbocycles. The minimum absolute atomic E-state index is 0.142. The van der Waals surface area contributed by atoms with Crippen molar-refractivity contribution in [2.75, 3.05) is 13.1 Å². The van der Waals surface area contributed by atoms with Gasteiger partial charge in [-0.15, -0.1) is 0 Å². The van der Waals surface area contributed by atoms with Crippen molar-refractivity contribution in [3.63, 3.8) is 0 Å². The van der Waals surface area contributed by atoms with Crippen molar-refractivity contribution in [1.29, 1.82) is 0 Å². The van der Waals surface area contributed by atoms with E-state index in [0.29, 0.717) is 29.9 Å². The lowest BCUT2D eigenvalue weighted by Gasteiger charge is -2.06. The SMILES string of the molecule is NCC#Cc1cc(F)ccc1C(=O)NCCc1ncn[nH]1. The number of amides is 1. The molecule has 0 aliphatic heterocycles. The Morgan fingerprint density at radius 2 is 2.33 bits per heavy atom. The van der Waals surface area contributed by atoms with Gasteiger partial charge in [-0.3, -0.25) is 9.89 Å². The molecule has 0 spiro atoms. The number of nitrogens with zero attached hydrogens (tertiary/aromatic N) is 2. The van der Waals surface area contributed by atoms with Crippen LogP contribution in [0.3, 0.4) is 0 Å². The molecule has 1 amide bonds. The number of H-pyrrole nitrogens is 1. The number of aromatic nitrogens is 3. The summed E-state index contributed by atoms with van der Waals surface area (Å²) in [4.78, 5) is 16.0. The molecule has 0 saturated carbocycles. The number of benzene rings is 1. The minimum Gasteiger partial charge on any atom is -0.352 e. The summed E-state index contributed by atoms with van der Waals surface area (Å²) in [5.74, 6) is 5.21. The average Bonchev–Trinajstić information content (AvgIpc) is 2.98. The summed E-state index contributed by atoms with van der Waals surface area (Å²) >= 11 is 0. The maximum atomic E-state index is 13.2. The van der Waals surface area contributed by atoms with Crippen molar-refractivity contribution in [3.8, 4) is 11.8 Å². The first-order valence-corrected chi connectivity index (χ1v) is 6.31. The molecule has 1 aromatic heterocycles. The lowest BCUT2D eigenvalue weighted by molar-refractivity contribution is 0.0953. The van der Waals surface area contributed by atoms with E-state index in [4.69, 9.17) is 5.73 Å². The van der Waals surface area contributed by atoms with Gasteiger partial charge in [-0.2, -0.15) is 5.10 Å². The second-order valence-corrected chi connectivity index (χ2v) is 4.13. The standard InChI is InChI=1S/C14H14FN5O/c15-11-3-4-12(10(8-11)2-1-6-16)14(21)17-7-5-13-18-9-19-20-13/h3-4,8-9H,5-7,16H2,(H,17,21)(H,18,19,20). The molecule has 0 atom stereocenters. The van der Waals surface area contributed by atoms with Gasteiger partial charge >= 0.3 is 0 Å². The molecule has 7 heteroatoms. The minimum atomic E-state index is -0.450. The van der Waals surface area contributed by atoms with E-state index < -0.39 is 5.82 Å². The average molecular weight is 287 g/mol. The van der Waals surface area contributed by atoms with Gasteiger partial charge in [0.05, 0.1) is 12.1 Å². The maximum Gasteiger partial charge on any atom is 0.252 e. The Bertz CT molecular complexity index is 672. The van der Waals surface area contributed by atoms with Crippen molar-refractivity contribution in [2.45, 2.75) is 6.42 Å². The normalized spacial score (nSPS) is 9.81. The second kappa shape index (κ2) is 7.17. The highest BCUT2D eigenvalue weighted by Gasteiger charge is 2.11. The van der Waals surface area contributed by atoms with Crippen LogP contribution in [0.15, 0.2) is 24.5 Å². The first-order valence-electron chi connectivity index (χ1n) is 6.31. The van der Waals surface area contributed by atoms with Gasteiger partial charge in [0.2, 0.25) is 0 Å². The third-order valence-corrected chi connectivity index (χ3v) is 2.66. The first kappa shape index (κ1) is 14.7. The summed E-state index contributed by atoms with van der Waals surface area (Å²) in [6.07, 6.45) is 1.92. The van der Waals surface area contributed by atoms with Crippen LogP contribution in [0.4, 0.5) is 4.39 Å². The Balaban J connectivity index is 2.04. The summed E-state index contributed by atoms with van der Waals surface area (Å²) in [5.41, 5.74) is 5.92. The zero-order valence-corrected chi connectivity index (χ0v) is 11.2. The Labute approximate surface area is 121 Å². The molecule has 0 radical (unpaired) electrons. The van der Waals surface area contributed by atoms with Gasteiger partial charge < -0.3 is 11.1 Å². The second-order valence-electron chi connectivity index (χ2n) is 4.13. The monoisotopic (exact) mass is 287 g/mol. The molecule has 0 unspecified atom stereocenters. The Morgan fingerprint density at radius 1 is 1.48 bits per heavy atom.